The largest absolute Gasteiger partial charge is 0.462 e. The van der Waals surface area contributed by atoms with E-state index in [4.69, 9.17) is 4.74 Å². The Bertz CT molecular complexity index is 915. The molecule has 26 heavy (non-hydrogen) atoms. The predicted molar refractivity (Wildman–Crippen MR) is 101 cm³/mol. The van der Waals surface area contributed by atoms with Gasteiger partial charge in [-0.1, -0.05) is 18.2 Å². The Balaban J connectivity index is 1.99. The molecular formula is C20H23N3O3. The molecular weight excluding hydrogens is 330 g/mol. The molecule has 1 aliphatic heterocycles. The molecule has 0 spiro atoms. The number of esters is 1. The van der Waals surface area contributed by atoms with Crippen molar-refractivity contribution < 1.29 is 9.53 Å². The maximum atomic E-state index is 12.8. The first-order valence-corrected chi connectivity index (χ1v) is 8.83. The van der Waals surface area contributed by atoms with Gasteiger partial charge in [0.15, 0.2) is 0 Å². The van der Waals surface area contributed by atoms with E-state index in [1.807, 2.05) is 44.3 Å². The van der Waals surface area contributed by atoms with Crippen molar-refractivity contribution >= 4 is 17.2 Å². The van der Waals surface area contributed by atoms with Crippen molar-refractivity contribution in [2.75, 3.05) is 11.9 Å². The number of ether oxygens (including phenoxy) is 1. The third-order valence-electron chi connectivity index (χ3n) is 4.60. The number of nitrogens with one attached hydrogen (secondary N) is 1. The van der Waals surface area contributed by atoms with Gasteiger partial charge in [0.1, 0.15) is 11.4 Å². The monoisotopic (exact) mass is 353 g/mol. The Hall–Kier alpha value is -2.89. The van der Waals surface area contributed by atoms with Crippen LogP contribution in [0, 0.1) is 6.92 Å². The van der Waals surface area contributed by atoms with Gasteiger partial charge >= 0.3 is 5.97 Å². The fourth-order valence-corrected chi connectivity index (χ4v) is 3.11. The molecule has 0 aliphatic carbocycles. The molecule has 2 aromatic rings. The number of allylic oxidation sites excluding steroid dienone is 1. The van der Waals surface area contributed by atoms with E-state index in [1.165, 1.54) is 6.20 Å². The van der Waals surface area contributed by atoms with Crippen LogP contribution >= 0.6 is 0 Å². The molecule has 6 heteroatoms. The molecule has 1 aromatic heterocycles. The molecule has 0 radical (unpaired) electrons. The zero-order valence-corrected chi connectivity index (χ0v) is 15.3. The minimum absolute atomic E-state index is 0.0180. The fourth-order valence-electron chi connectivity index (χ4n) is 3.11. The summed E-state index contributed by atoms with van der Waals surface area (Å²) < 4.78 is 6.56. The highest BCUT2D eigenvalue weighted by Crippen LogP contribution is 2.30. The number of rotatable bonds is 4. The number of para-hydroxylation sites is 1. The van der Waals surface area contributed by atoms with Gasteiger partial charge in [0.25, 0.3) is 5.56 Å². The van der Waals surface area contributed by atoms with E-state index in [0.29, 0.717) is 5.82 Å². The van der Waals surface area contributed by atoms with Crippen molar-refractivity contribution in [1.82, 2.24) is 9.55 Å². The van der Waals surface area contributed by atoms with Gasteiger partial charge in [-0.3, -0.25) is 9.36 Å². The van der Waals surface area contributed by atoms with Crippen LogP contribution in [0.5, 0.6) is 0 Å². The molecule has 1 atom stereocenters. The molecule has 0 fully saturated rings. The van der Waals surface area contributed by atoms with Gasteiger partial charge in [-0.15, -0.1) is 0 Å². The van der Waals surface area contributed by atoms with Gasteiger partial charge in [-0.25, -0.2) is 9.78 Å². The number of benzene rings is 1. The van der Waals surface area contributed by atoms with Gasteiger partial charge in [0.2, 0.25) is 0 Å². The Kier molecular flexibility index (Phi) is 5.21. The van der Waals surface area contributed by atoms with Gasteiger partial charge in [0.05, 0.1) is 6.61 Å². The second-order valence-electron chi connectivity index (χ2n) is 6.41. The van der Waals surface area contributed by atoms with Crippen molar-refractivity contribution in [3.63, 3.8) is 0 Å². The summed E-state index contributed by atoms with van der Waals surface area (Å²) in [6, 6.07) is 7.98. The van der Waals surface area contributed by atoms with Crippen molar-refractivity contribution in [2.24, 2.45) is 0 Å². The van der Waals surface area contributed by atoms with Crippen molar-refractivity contribution in [3.05, 3.63) is 64.0 Å². The highest BCUT2D eigenvalue weighted by atomic mass is 16.5. The average molecular weight is 353 g/mol. The molecule has 1 aromatic carbocycles. The van der Waals surface area contributed by atoms with Crippen molar-refractivity contribution in [2.45, 2.75) is 39.7 Å². The number of aryl methyl sites for hydroxylation is 1. The molecule has 2 heterocycles. The van der Waals surface area contributed by atoms with Crippen molar-refractivity contribution in [1.29, 1.82) is 0 Å². The molecule has 1 unspecified atom stereocenters. The van der Waals surface area contributed by atoms with Crippen LogP contribution in [0.4, 0.5) is 5.69 Å². The normalized spacial score (nSPS) is 17.7. The number of hydrogen-bond donors (Lipinski definition) is 1. The lowest BCUT2D eigenvalue weighted by Crippen LogP contribution is -2.34. The number of carbonyl (C=O) groups is 1. The van der Waals surface area contributed by atoms with E-state index in [2.05, 4.69) is 10.3 Å². The molecule has 0 bridgehead atoms. The van der Waals surface area contributed by atoms with Crippen LogP contribution in [-0.2, 0) is 4.74 Å². The predicted octanol–water partition coefficient (Wildman–Crippen LogP) is 3.54. The van der Waals surface area contributed by atoms with Crippen LogP contribution in [0.2, 0.25) is 0 Å². The van der Waals surface area contributed by atoms with Crippen LogP contribution in [-0.4, -0.2) is 22.1 Å². The SMILES string of the molecule is CCOC(=O)c1cnc2n(c1=O)C(C)CC/C2=C/Nc1ccccc1C. The summed E-state index contributed by atoms with van der Waals surface area (Å²) in [5, 5.41) is 3.31. The molecule has 0 amide bonds. The summed E-state index contributed by atoms with van der Waals surface area (Å²) >= 11 is 0. The number of anilines is 1. The summed E-state index contributed by atoms with van der Waals surface area (Å²) in [5.41, 5.74) is 2.73. The molecule has 1 aliphatic rings. The summed E-state index contributed by atoms with van der Waals surface area (Å²) in [6.07, 6.45) is 4.84. The van der Waals surface area contributed by atoms with Crippen LogP contribution in [0.3, 0.4) is 0 Å². The Morgan fingerprint density at radius 3 is 2.92 bits per heavy atom. The van der Waals surface area contributed by atoms with E-state index >= 15 is 0 Å². The standard InChI is InChI=1S/C20H23N3O3/c1-4-26-20(25)16-12-22-18-15(10-9-14(3)23(18)19(16)24)11-21-17-8-6-5-7-13(17)2/h5-8,11-12,14,21H,4,9-10H2,1-3H3/b15-11-. The van der Waals surface area contributed by atoms with E-state index in [-0.39, 0.29) is 23.8 Å². The van der Waals surface area contributed by atoms with E-state index in [0.717, 1.165) is 29.7 Å². The maximum absolute atomic E-state index is 12.8. The van der Waals surface area contributed by atoms with Gasteiger partial charge in [-0.05, 0) is 45.2 Å². The van der Waals surface area contributed by atoms with E-state index in [1.54, 1.807) is 11.5 Å². The van der Waals surface area contributed by atoms with Crippen molar-refractivity contribution in [3.8, 4) is 0 Å². The second kappa shape index (κ2) is 7.56. The minimum atomic E-state index is -0.623. The van der Waals surface area contributed by atoms with Crippen LogP contribution < -0.4 is 10.9 Å². The lowest BCUT2D eigenvalue weighted by molar-refractivity contribution is 0.0522. The lowest BCUT2D eigenvalue weighted by atomic mass is 10.0. The maximum Gasteiger partial charge on any atom is 0.345 e. The molecule has 6 nitrogen and oxygen atoms in total. The number of carbonyl (C=O) groups excluding carboxylic acids is 1. The topological polar surface area (TPSA) is 73.2 Å². The quantitative estimate of drug-likeness (QED) is 0.851. The van der Waals surface area contributed by atoms with Gasteiger partial charge in [0, 0.05) is 29.7 Å². The van der Waals surface area contributed by atoms with Crippen LogP contribution in [0.1, 0.15) is 54.5 Å². The number of hydrogen-bond acceptors (Lipinski definition) is 5. The highest BCUT2D eigenvalue weighted by molar-refractivity contribution is 5.88. The second-order valence-corrected chi connectivity index (χ2v) is 6.41. The fraction of sp³-hybridized carbons (Fsp3) is 0.350. The van der Waals surface area contributed by atoms with Gasteiger partial charge < -0.3 is 10.1 Å². The van der Waals surface area contributed by atoms with Crippen LogP contribution in [0.15, 0.2) is 41.5 Å². The smallest absolute Gasteiger partial charge is 0.345 e. The zero-order chi connectivity index (χ0) is 18.7. The first-order chi connectivity index (χ1) is 12.5. The molecule has 136 valence electrons. The molecule has 0 saturated heterocycles. The third kappa shape index (κ3) is 3.40. The Morgan fingerprint density at radius 2 is 2.19 bits per heavy atom. The molecule has 3 rings (SSSR count). The summed E-state index contributed by atoms with van der Waals surface area (Å²) in [4.78, 5) is 29.2. The van der Waals surface area contributed by atoms with E-state index in [9.17, 15) is 9.59 Å². The number of nitrogens with zero attached hydrogens (tertiary/aromatic N) is 2. The summed E-state index contributed by atoms with van der Waals surface area (Å²) in [5.74, 6) is -0.0236. The first-order valence-electron chi connectivity index (χ1n) is 8.83. The average Bonchev–Trinajstić information content (AvgIpc) is 2.62. The first kappa shape index (κ1) is 17.9. The van der Waals surface area contributed by atoms with E-state index < -0.39 is 5.97 Å². The van der Waals surface area contributed by atoms with Gasteiger partial charge in [-0.2, -0.15) is 0 Å². The minimum Gasteiger partial charge on any atom is -0.462 e. The number of aromatic nitrogens is 2. The summed E-state index contributed by atoms with van der Waals surface area (Å²) in [6.45, 7) is 5.93. The number of fused-ring (bicyclic) bond motifs is 1. The third-order valence-corrected chi connectivity index (χ3v) is 4.60. The summed E-state index contributed by atoms with van der Waals surface area (Å²) in [7, 11) is 0. The lowest BCUT2D eigenvalue weighted by Gasteiger charge is -2.26. The molecule has 0 saturated carbocycles. The molecule has 1 N–H and O–H groups in total. The highest BCUT2D eigenvalue weighted by Gasteiger charge is 2.25. The Morgan fingerprint density at radius 1 is 1.42 bits per heavy atom. The van der Waals surface area contributed by atoms with Crippen LogP contribution in [0.25, 0.3) is 5.57 Å². The zero-order valence-electron chi connectivity index (χ0n) is 15.3. The Labute approximate surface area is 152 Å².